The number of benzene rings is 2. The zero-order valence-electron chi connectivity index (χ0n) is 17.4. The van der Waals surface area contributed by atoms with E-state index in [0.717, 1.165) is 25.9 Å². The quantitative estimate of drug-likeness (QED) is 0.447. The molecule has 0 unspecified atom stereocenters. The van der Waals surface area contributed by atoms with E-state index in [4.69, 9.17) is 11.5 Å². The van der Waals surface area contributed by atoms with Crippen LogP contribution in [0.4, 0.5) is 0 Å². The van der Waals surface area contributed by atoms with E-state index >= 15 is 0 Å². The zero-order valence-corrected chi connectivity index (χ0v) is 17.4. The van der Waals surface area contributed by atoms with Crippen LogP contribution in [0.3, 0.4) is 0 Å². The standard InChI is InChI=1S/C26H30N4/c27-15-5-17-29-19-13-21(23-7-1-3-9-25(23)29)11-12-22-14-20-30(18-6-16-28)26-10-4-2-8-24(22)26/h1-4,7-14,19-20H,5-6,15-18,27-28H2/q+2/b12-11+. The van der Waals surface area contributed by atoms with E-state index in [-0.39, 0.29) is 0 Å². The van der Waals surface area contributed by atoms with Gasteiger partial charge in [0.2, 0.25) is 11.0 Å². The molecule has 0 bridgehead atoms. The van der Waals surface area contributed by atoms with E-state index < -0.39 is 0 Å². The minimum atomic E-state index is 0.704. The molecule has 0 atom stereocenters. The van der Waals surface area contributed by atoms with E-state index in [1.54, 1.807) is 0 Å². The third kappa shape index (κ3) is 4.25. The van der Waals surface area contributed by atoms with Crippen LogP contribution in [0.15, 0.2) is 73.1 Å². The van der Waals surface area contributed by atoms with E-state index in [1.165, 1.54) is 32.9 Å². The van der Waals surface area contributed by atoms with Gasteiger partial charge in [0.25, 0.3) is 0 Å². The highest BCUT2D eigenvalue weighted by Crippen LogP contribution is 2.21. The predicted octanol–water partition coefficient (Wildman–Crippen LogP) is 3.44. The van der Waals surface area contributed by atoms with E-state index in [2.05, 4.69) is 94.3 Å². The fourth-order valence-corrected chi connectivity index (χ4v) is 4.00. The first-order valence-electron chi connectivity index (χ1n) is 10.7. The maximum atomic E-state index is 5.71. The second-order valence-electron chi connectivity index (χ2n) is 7.58. The van der Waals surface area contributed by atoms with Crippen molar-refractivity contribution < 1.29 is 9.13 Å². The molecule has 4 aromatic rings. The zero-order chi connectivity index (χ0) is 20.8. The lowest BCUT2D eigenvalue weighted by molar-refractivity contribution is -0.671. The van der Waals surface area contributed by atoms with Crippen LogP contribution in [0.25, 0.3) is 34.0 Å². The molecule has 0 spiro atoms. The monoisotopic (exact) mass is 398 g/mol. The average Bonchev–Trinajstić information content (AvgIpc) is 2.80. The van der Waals surface area contributed by atoms with Crippen molar-refractivity contribution in [2.75, 3.05) is 13.1 Å². The molecule has 152 valence electrons. The van der Waals surface area contributed by atoms with Gasteiger partial charge >= 0.3 is 0 Å². The second-order valence-corrected chi connectivity index (χ2v) is 7.58. The fourth-order valence-electron chi connectivity index (χ4n) is 4.00. The molecule has 0 radical (unpaired) electrons. The van der Waals surface area contributed by atoms with Crippen LogP contribution >= 0.6 is 0 Å². The average molecular weight is 399 g/mol. The number of aromatic nitrogens is 2. The number of para-hydroxylation sites is 2. The molecule has 0 aliphatic heterocycles. The first kappa shape index (κ1) is 20.2. The van der Waals surface area contributed by atoms with Gasteiger partial charge in [0, 0.05) is 37.1 Å². The maximum absolute atomic E-state index is 5.71. The van der Waals surface area contributed by atoms with Gasteiger partial charge in [0.1, 0.15) is 13.1 Å². The normalized spacial score (nSPS) is 11.7. The lowest BCUT2D eigenvalue weighted by Crippen LogP contribution is -2.35. The Morgan fingerprint density at radius 2 is 1.03 bits per heavy atom. The highest BCUT2D eigenvalue weighted by atomic mass is 14.9. The summed E-state index contributed by atoms with van der Waals surface area (Å²) in [6.07, 6.45) is 10.7. The molecule has 0 saturated heterocycles. The number of hydrogen-bond acceptors (Lipinski definition) is 2. The number of aryl methyl sites for hydroxylation is 2. The summed E-state index contributed by atoms with van der Waals surface area (Å²) < 4.78 is 4.58. The number of nitrogens with zero attached hydrogens (tertiary/aromatic N) is 2. The smallest absolute Gasteiger partial charge is 0.213 e. The summed E-state index contributed by atoms with van der Waals surface area (Å²) in [6, 6.07) is 21.5. The van der Waals surface area contributed by atoms with Crippen LogP contribution in [-0.4, -0.2) is 13.1 Å². The Balaban J connectivity index is 1.72. The molecule has 0 aliphatic rings. The van der Waals surface area contributed by atoms with Crippen molar-refractivity contribution in [3.05, 3.63) is 84.2 Å². The maximum Gasteiger partial charge on any atom is 0.213 e. The molecule has 30 heavy (non-hydrogen) atoms. The summed E-state index contributed by atoms with van der Waals surface area (Å²) in [5, 5.41) is 2.51. The third-order valence-electron chi connectivity index (χ3n) is 5.57. The Morgan fingerprint density at radius 3 is 1.47 bits per heavy atom. The molecule has 0 fully saturated rings. The molecule has 4 N–H and O–H groups in total. The predicted molar refractivity (Wildman–Crippen MR) is 125 cm³/mol. The van der Waals surface area contributed by atoms with Gasteiger partial charge in [-0.25, -0.2) is 0 Å². The minimum Gasteiger partial charge on any atom is -0.330 e. The fraction of sp³-hybridized carbons (Fsp3) is 0.231. The summed E-state index contributed by atoms with van der Waals surface area (Å²) in [5.41, 5.74) is 16.4. The van der Waals surface area contributed by atoms with Crippen LogP contribution in [-0.2, 0) is 13.1 Å². The molecule has 4 nitrogen and oxygen atoms in total. The molecule has 4 heteroatoms. The van der Waals surface area contributed by atoms with Gasteiger partial charge in [-0.15, -0.1) is 0 Å². The molecule has 2 aromatic heterocycles. The molecular weight excluding hydrogens is 368 g/mol. The highest BCUT2D eigenvalue weighted by molar-refractivity contribution is 5.93. The summed E-state index contributed by atoms with van der Waals surface area (Å²) >= 11 is 0. The minimum absolute atomic E-state index is 0.704. The van der Waals surface area contributed by atoms with Crippen molar-refractivity contribution in [2.24, 2.45) is 11.5 Å². The van der Waals surface area contributed by atoms with Crippen LogP contribution in [0.5, 0.6) is 0 Å². The van der Waals surface area contributed by atoms with Crippen LogP contribution in [0, 0.1) is 0 Å². The van der Waals surface area contributed by atoms with Crippen molar-refractivity contribution in [2.45, 2.75) is 25.9 Å². The number of fused-ring (bicyclic) bond motifs is 2. The third-order valence-corrected chi connectivity index (χ3v) is 5.57. The molecule has 4 rings (SSSR count). The van der Waals surface area contributed by atoms with Crippen LogP contribution < -0.4 is 20.6 Å². The van der Waals surface area contributed by atoms with Crippen LogP contribution in [0.2, 0.25) is 0 Å². The van der Waals surface area contributed by atoms with E-state index in [0.29, 0.717) is 13.1 Å². The molecule has 0 aliphatic carbocycles. The summed E-state index contributed by atoms with van der Waals surface area (Å²) in [7, 11) is 0. The lowest BCUT2D eigenvalue weighted by atomic mass is 10.0. The highest BCUT2D eigenvalue weighted by Gasteiger charge is 2.12. The van der Waals surface area contributed by atoms with Gasteiger partial charge in [0.05, 0.1) is 10.8 Å². The SMILES string of the molecule is NCCC[n+]1ccc(/C=C/c2cc[n+](CCCN)c3ccccc23)c2ccccc21. The number of nitrogens with two attached hydrogens (primary N) is 2. The van der Waals surface area contributed by atoms with Gasteiger partial charge in [-0.1, -0.05) is 36.4 Å². The van der Waals surface area contributed by atoms with Gasteiger partial charge in [-0.3, -0.25) is 0 Å². The molecule has 0 saturated carbocycles. The Bertz CT molecular complexity index is 1090. The first-order chi connectivity index (χ1) is 14.8. The van der Waals surface area contributed by atoms with E-state index in [9.17, 15) is 0 Å². The van der Waals surface area contributed by atoms with Crippen molar-refractivity contribution in [3.8, 4) is 0 Å². The van der Waals surface area contributed by atoms with Gasteiger partial charge in [-0.2, -0.15) is 9.13 Å². The molecule has 0 amide bonds. The molecular formula is C26H30N4+2. The number of rotatable bonds is 8. The summed E-state index contributed by atoms with van der Waals surface area (Å²) in [4.78, 5) is 0. The van der Waals surface area contributed by atoms with Gasteiger partial charge in [-0.05, 0) is 36.3 Å². The van der Waals surface area contributed by atoms with Gasteiger partial charge < -0.3 is 11.5 Å². The second kappa shape index (κ2) is 9.61. The van der Waals surface area contributed by atoms with Crippen molar-refractivity contribution in [1.29, 1.82) is 0 Å². The largest absolute Gasteiger partial charge is 0.330 e. The first-order valence-corrected chi connectivity index (χ1v) is 10.7. The van der Waals surface area contributed by atoms with Gasteiger partial charge in [0.15, 0.2) is 12.4 Å². The van der Waals surface area contributed by atoms with E-state index in [1.807, 2.05) is 0 Å². The lowest BCUT2D eigenvalue weighted by Gasteiger charge is -2.05. The summed E-state index contributed by atoms with van der Waals surface area (Å²) in [5.74, 6) is 0. The Labute approximate surface area is 178 Å². The molecule has 2 aromatic carbocycles. The Hall–Kier alpha value is -3.08. The van der Waals surface area contributed by atoms with Crippen molar-refractivity contribution >= 4 is 34.0 Å². The number of hydrogen-bond donors (Lipinski definition) is 2. The van der Waals surface area contributed by atoms with Crippen LogP contribution in [0.1, 0.15) is 24.0 Å². The topological polar surface area (TPSA) is 59.8 Å². The Morgan fingerprint density at radius 1 is 0.600 bits per heavy atom. The number of pyridine rings is 2. The Kier molecular flexibility index (Phi) is 6.47. The van der Waals surface area contributed by atoms with Crippen molar-refractivity contribution in [1.82, 2.24) is 0 Å². The van der Waals surface area contributed by atoms with Crippen molar-refractivity contribution in [3.63, 3.8) is 0 Å². The summed E-state index contributed by atoms with van der Waals surface area (Å²) in [6.45, 7) is 3.28. The molecule has 2 heterocycles.